The van der Waals surface area contributed by atoms with E-state index in [1.54, 1.807) is 0 Å². The second-order valence-electron chi connectivity index (χ2n) is 4.46. The highest BCUT2D eigenvalue weighted by Crippen LogP contribution is 2.48. The average molecular weight is 219 g/mol. The first kappa shape index (κ1) is 11.0. The number of carbonyl (C=O) groups is 1. The van der Waals surface area contributed by atoms with Gasteiger partial charge in [-0.15, -0.1) is 0 Å². The third kappa shape index (κ3) is 2.03. The van der Waals surface area contributed by atoms with E-state index in [0.717, 1.165) is 6.42 Å². The number of hydrogen-bond acceptors (Lipinski definition) is 3. The summed E-state index contributed by atoms with van der Waals surface area (Å²) in [4.78, 5) is 13.4. The molecule has 0 heterocycles. The first-order chi connectivity index (χ1) is 7.63. The SMILES string of the molecule is COC(=O)C1CC1c1ccc(N(C)C)cc1. The van der Waals surface area contributed by atoms with Gasteiger partial charge in [-0.25, -0.2) is 0 Å². The van der Waals surface area contributed by atoms with Crippen molar-refractivity contribution in [1.82, 2.24) is 0 Å². The Labute approximate surface area is 96.0 Å². The van der Waals surface area contributed by atoms with Crippen LogP contribution >= 0.6 is 0 Å². The summed E-state index contributed by atoms with van der Waals surface area (Å²) in [5, 5.41) is 0. The molecule has 1 aromatic rings. The van der Waals surface area contributed by atoms with Gasteiger partial charge in [0.1, 0.15) is 0 Å². The molecular formula is C13H17NO2. The van der Waals surface area contributed by atoms with Gasteiger partial charge in [0, 0.05) is 19.8 Å². The smallest absolute Gasteiger partial charge is 0.309 e. The summed E-state index contributed by atoms with van der Waals surface area (Å²) in [6.07, 6.45) is 0.925. The van der Waals surface area contributed by atoms with Crippen LogP contribution in [0.5, 0.6) is 0 Å². The number of anilines is 1. The van der Waals surface area contributed by atoms with Crippen molar-refractivity contribution in [2.24, 2.45) is 5.92 Å². The number of nitrogens with zero attached hydrogens (tertiary/aromatic N) is 1. The lowest BCUT2D eigenvalue weighted by Crippen LogP contribution is -2.08. The minimum atomic E-state index is -0.0818. The fourth-order valence-corrected chi connectivity index (χ4v) is 1.99. The van der Waals surface area contributed by atoms with E-state index < -0.39 is 0 Å². The molecule has 0 radical (unpaired) electrons. The normalized spacial score (nSPS) is 22.7. The molecule has 2 rings (SSSR count). The van der Waals surface area contributed by atoms with Crippen molar-refractivity contribution < 1.29 is 9.53 Å². The van der Waals surface area contributed by atoms with Gasteiger partial charge in [-0.2, -0.15) is 0 Å². The summed E-state index contributed by atoms with van der Waals surface area (Å²) < 4.78 is 4.74. The Balaban J connectivity index is 2.05. The average Bonchev–Trinajstić information content (AvgIpc) is 3.08. The molecule has 2 unspecified atom stereocenters. The van der Waals surface area contributed by atoms with Gasteiger partial charge in [-0.1, -0.05) is 12.1 Å². The van der Waals surface area contributed by atoms with E-state index in [1.165, 1.54) is 18.4 Å². The summed E-state index contributed by atoms with van der Waals surface area (Å²) in [5.74, 6) is 0.362. The lowest BCUT2D eigenvalue weighted by Gasteiger charge is -2.12. The maximum atomic E-state index is 11.3. The largest absolute Gasteiger partial charge is 0.469 e. The van der Waals surface area contributed by atoms with Gasteiger partial charge >= 0.3 is 5.97 Å². The number of rotatable bonds is 3. The zero-order valence-corrected chi connectivity index (χ0v) is 9.93. The first-order valence-electron chi connectivity index (χ1n) is 5.48. The van der Waals surface area contributed by atoms with E-state index in [1.807, 2.05) is 14.1 Å². The number of hydrogen-bond donors (Lipinski definition) is 0. The molecule has 3 nitrogen and oxygen atoms in total. The monoisotopic (exact) mass is 219 g/mol. The summed E-state index contributed by atoms with van der Waals surface area (Å²) >= 11 is 0. The Morgan fingerprint density at radius 2 is 1.94 bits per heavy atom. The van der Waals surface area contributed by atoms with Crippen LogP contribution in [0.25, 0.3) is 0 Å². The third-order valence-corrected chi connectivity index (χ3v) is 3.13. The summed E-state index contributed by atoms with van der Waals surface area (Å²) in [6.45, 7) is 0. The molecule has 1 aliphatic carbocycles. The van der Waals surface area contributed by atoms with Crippen LogP contribution in [0.3, 0.4) is 0 Å². The molecule has 1 aromatic carbocycles. The molecule has 2 atom stereocenters. The molecule has 0 aliphatic heterocycles. The minimum Gasteiger partial charge on any atom is -0.469 e. The Bertz CT molecular complexity index is 383. The van der Waals surface area contributed by atoms with Crippen LogP contribution in [0.15, 0.2) is 24.3 Å². The van der Waals surface area contributed by atoms with Crippen LogP contribution in [0.2, 0.25) is 0 Å². The fraction of sp³-hybridized carbons (Fsp3) is 0.462. The van der Waals surface area contributed by atoms with E-state index in [2.05, 4.69) is 29.2 Å². The van der Waals surface area contributed by atoms with Crippen molar-refractivity contribution in [2.75, 3.05) is 26.1 Å². The molecule has 1 aliphatic rings. The van der Waals surface area contributed by atoms with Crippen LogP contribution in [0, 0.1) is 5.92 Å². The van der Waals surface area contributed by atoms with Gasteiger partial charge in [0.05, 0.1) is 13.0 Å². The predicted octanol–water partition coefficient (Wildman–Crippen LogP) is 2.03. The van der Waals surface area contributed by atoms with Crippen LogP contribution in [0.4, 0.5) is 5.69 Å². The molecule has 3 heteroatoms. The van der Waals surface area contributed by atoms with Gasteiger partial charge in [-0.3, -0.25) is 4.79 Å². The standard InChI is InChI=1S/C13H17NO2/c1-14(2)10-6-4-9(5-7-10)11-8-12(11)13(15)16-3/h4-7,11-12H,8H2,1-3H3. The van der Waals surface area contributed by atoms with Crippen molar-refractivity contribution >= 4 is 11.7 Å². The second-order valence-corrected chi connectivity index (χ2v) is 4.46. The van der Waals surface area contributed by atoms with Gasteiger partial charge in [-0.05, 0) is 30.0 Å². The molecular weight excluding hydrogens is 202 g/mol. The number of ether oxygens (including phenoxy) is 1. The quantitative estimate of drug-likeness (QED) is 0.728. The van der Waals surface area contributed by atoms with Crippen molar-refractivity contribution in [1.29, 1.82) is 0 Å². The van der Waals surface area contributed by atoms with E-state index in [0.29, 0.717) is 5.92 Å². The van der Waals surface area contributed by atoms with Gasteiger partial charge in [0.25, 0.3) is 0 Å². The molecule has 0 aromatic heterocycles. The Morgan fingerprint density at radius 1 is 1.31 bits per heavy atom. The highest BCUT2D eigenvalue weighted by Gasteiger charge is 2.44. The van der Waals surface area contributed by atoms with E-state index in [-0.39, 0.29) is 11.9 Å². The summed E-state index contributed by atoms with van der Waals surface area (Å²) in [7, 11) is 5.49. The highest BCUT2D eigenvalue weighted by molar-refractivity contribution is 5.77. The van der Waals surface area contributed by atoms with Crippen LogP contribution < -0.4 is 4.90 Å². The minimum absolute atomic E-state index is 0.0789. The Kier molecular flexibility index (Phi) is 2.86. The summed E-state index contributed by atoms with van der Waals surface area (Å²) in [5.41, 5.74) is 2.42. The number of carbonyl (C=O) groups excluding carboxylic acids is 1. The molecule has 0 amide bonds. The molecule has 1 saturated carbocycles. The second kappa shape index (κ2) is 4.16. The van der Waals surface area contributed by atoms with Crippen molar-refractivity contribution in [3.63, 3.8) is 0 Å². The molecule has 86 valence electrons. The molecule has 16 heavy (non-hydrogen) atoms. The highest BCUT2D eigenvalue weighted by atomic mass is 16.5. The van der Waals surface area contributed by atoms with Crippen LogP contribution in [-0.2, 0) is 9.53 Å². The van der Waals surface area contributed by atoms with Gasteiger partial charge < -0.3 is 9.64 Å². The third-order valence-electron chi connectivity index (χ3n) is 3.13. The van der Waals surface area contributed by atoms with E-state index >= 15 is 0 Å². The van der Waals surface area contributed by atoms with Gasteiger partial charge in [0.15, 0.2) is 0 Å². The van der Waals surface area contributed by atoms with Crippen molar-refractivity contribution in [3.05, 3.63) is 29.8 Å². The Morgan fingerprint density at radius 3 is 2.44 bits per heavy atom. The van der Waals surface area contributed by atoms with E-state index in [4.69, 9.17) is 4.74 Å². The van der Waals surface area contributed by atoms with Gasteiger partial charge in [0.2, 0.25) is 0 Å². The molecule has 0 spiro atoms. The van der Waals surface area contributed by atoms with E-state index in [9.17, 15) is 4.79 Å². The number of methoxy groups -OCH3 is 1. The summed E-state index contributed by atoms with van der Waals surface area (Å²) in [6, 6.07) is 8.37. The van der Waals surface area contributed by atoms with Crippen molar-refractivity contribution in [2.45, 2.75) is 12.3 Å². The zero-order valence-electron chi connectivity index (χ0n) is 9.93. The van der Waals surface area contributed by atoms with Crippen LogP contribution in [-0.4, -0.2) is 27.2 Å². The molecule has 0 saturated heterocycles. The number of esters is 1. The maximum Gasteiger partial charge on any atom is 0.309 e. The lowest BCUT2D eigenvalue weighted by molar-refractivity contribution is -0.142. The first-order valence-corrected chi connectivity index (χ1v) is 5.48. The molecule has 0 bridgehead atoms. The predicted molar refractivity (Wildman–Crippen MR) is 63.6 cm³/mol. The topological polar surface area (TPSA) is 29.5 Å². The van der Waals surface area contributed by atoms with Crippen LogP contribution in [0.1, 0.15) is 17.9 Å². The lowest BCUT2D eigenvalue weighted by atomic mass is 10.1. The Hall–Kier alpha value is -1.51. The fourth-order valence-electron chi connectivity index (χ4n) is 1.99. The maximum absolute atomic E-state index is 11.3. The molecule has 0 N–H and O–H groups in total. The van der Waals surface area contributed by atoms with Crippen molar-refractivity contribution in [3.8, 4) is 0 Å². The number of benzene rings is 1. The molecule has 1 fully saturated rings. The zero-order chi connectivity index (χ0) is 11.7.